The van der Waals surface area contributed by atoms with Gasteiger partial charge in [-0.2, -0.15) is 0 Å². The predicted octanol–water partition coefficient (Wildman–Crippen LogP) is 4.27. The number of nitrogens with two attached hydrogens (primary N) is 1. The van der Waals surface area contributed by atoms with Gasteiger partial charge in [-0.05, 0) is 72.7 Å². The maximum Gasteiger partial charge on any atom is 0.317 e. The summed E-state index contributed by atoms with van der Waals surface area (Å²) in [4.78, 5) is 40.7. The predicted molar refractivity (Wildman–Crippen MR) is 158 cm³/mol. The lowest BCUT2D eigenvalue weighted by atomic mass is 10.0. The molecule has 0 aliphatic carbocycles. The van der Waals surface area contributed by atoms with Gasteiger partial charge in [-0.3, -0.25) is 19.4 Å². The first kappa shape index (κ1) is 29.3. The van der Waals surface area contributed by atoms with E-state index in [0.29, 0.717) is 28.5 Å². The highest BCUT2D eigenvalue weighted by Gasteiger charge is 2.16. The van der Waals surface area contributed by atoms with Crippen LogP contribution in [0.1, 0.15) is 25.2 Å². The van der Waals surface area contributed by atoms with Gasteiger partial charge in [0.1, 0.15) is 0 Å². The Bertz CT molecular complexity index is 1490. The molecule has 4 rings (SSSR count). The fourth-order valence-corrected chi connectivity index (χ4v) is 4.51. The molecule has 0 fully saturated rings. The number of carboxylic acids is 2. The number of anilines is 1. The SMILES string of the molecule is CCN(CC)Cc1cccc(-c2cc(-c3ccc(N)cc3)cc(-c3cccc(CN(CC(=O)O)CC(=O)O)n3)n2)n1. The summed E-state index contributed by atoms with van der Waals surface area (Å²) in [6.45, 7) is 6.07. The zero-order valence-electron chi connectivity index (χ0n) is 23.2. The molecule has 0 saturated carbocycles. The third-order valence-corrected chi connectivity index (χ3v) is 6.59. The van der Waals surface area contributed by atoms with E-state index < -0.39 is 25.0 Å². The molecule has 0 spiro atoms. The Kier molecular flexibility index (Phi) is 9.73. The molecule has 0 aliphatic rings. The van der Waals surface area contributed by atoms with Crippen LogP contribution in [0.25, 0.3) is 33.9 Å². The highest BCUT2D eigenvalue weighted by Crippen LogP contribution is 2.30. The van der Waals surface area contributed by atoms with Gasteiger partial charge in [0, 0.05) is 18.8 Å². The van der Waals surface area contributed by atoms with Crippen LogP contribution in [-0.2, 0) is 22.7 Å². The summed E-state index contributed by atoms with van der Waals surface area (Å²) in [5.74, 6) is -2.22. The molecular formula is C31H34N6O4. The summed E-state index contributed by atoms with van der Waals surface area (Å²) in [7, 11) is 0. The van der Waals surface area contributed by atoms with Crippen molar-refractivity contribution in [2.24, 2.45) is 0 Å². The van der Waals surface area contributed by atoms with Crippen LogP contribution in [0.2, 0.25) is 0 Å². The number of carbonyl (C=O) groups is 2. The Morgan fingerprint density at radius 3 is 1.61 bits per heavy atom. The second-order valence-electron chi connectivity index (χ2n) is 9.67. The van der Waals surface area contributed by atoms with Gasteiger partial charge in [0.05, 0.1) is 47.3 Å². The van der Waals surface area contributed by atoms with Gasteiger partial charge in [-0.1, -0.05) is 38.1 Å². The van der Waals surface area contributed by atoms with Gasteiger partial charge in [-0.25, -0.2) is 15.0 Å². The normalized spacial score (nSPS) is 11.2. The number of nitrogen functional groups attached to an aromatic ring is 1. The van der Waals surface area contributed by atoms with Crippen LogP contribution in [0.15, 0.2) is 72.8 Å². The second kappa shape index (κ2) is 13.6. The number of carboxylic acid groups (broad SMARTS) is 2. The molecule has 3 aromatic heterocycles. The summed E-state index contributed by atoms with van der Waals surface area (Å²) in [5, 5.41) is 18.4. The first-order valence-electron chi connectivity index (χ1n) is 13.4. The highest BCUT2D eigenvalue weighted by atomic mass is 16.4. The van der Waals surface area contributed by atoms with Crippen molar-refractivity contribution in [3.05, 3.63) is 84.2 Å². The van der Waals surface area contributed by atoms with Crippen molar-refractivity contribution in [1.29, 1.82) is 0 Å². The minimum Gasteiger partial charge on any atom is -0.480 e. The molecule has 0 aliphatic heterocycles. The Balaban J connectivity index is 1.76. The Morgan fingerprint density at radius 2 is 1.15 bits per heavy atom. The van der Waals surface area contributed by atoms with E-state index in [1.165, 1.54) is 4.90 Å². The Morgan fingerprint density at radius 1 is 0.659 bits per heavy atom. The van der Waals surface area contributed by atoms with Crippen LogP contribution >= 0.6 is 0 Å². The average Bonchev–Trinajstić information content (AvgIpc) is 2.95. The second-order valence-corrected chi connectivity index (χ2v) is 9.67. The molecule has 0 unspecified atom stereocenters. The first-order valence-corrected chi connectivity index (χ1v) is 13.4. The lowest BCUT2D eigenvalue weighted by Gasteiger charge is -2.18. The molecule has 0 radical (unpaired) electrons. The molecule has 4 N–H and O–H groups in total. The maximum absolute atomic E-state index is 11.3. The number of hydrogen-bond acceptors (Lipinski definition) is 8. The number of rotatable bonds is 13. The molecule has 0 atom stereocenters. The van der Waals surface area contributed by atoms with Crippen molar-refractivity contribution in [3.63, 3.8) is 0 Å². The van der Waals surface area contributed by atoms with E-state index in [-0.39, 0.29) is 6.54 Å². The molecule has 212 valence electrons. The van der Waals surface area contributed by atoms with Crippen LogP contribution in [-0.4, -0.2) is 73.1 Å². The fraction of sp³-hybridized carbons (Fsp3) is 0.258. The summed E-state index contributed by atoms with van der Waals surface area (Å²) in [6.07, 6.45) is 0. The molecule has 0 bridgehead atoms. The van der Waals surface area contributed by atoms with Crippen molar-refractivity contribution < 1.29 is 19.8 Å². The van der Waals surface area contributed by atoms with Crippen molar-refractivity contribution in [2.45, 2.75) is 26.9 Å². The number of nitrogens with zero attached hydrogens (tertiary/aromatic N) is 5. The van der Waals surface area contributed by atoms with Gasteiger partial charge in [0.25, 0.3) is 0 Å². The van der Waals surface area contributed by atoms with E-state index in [9.17, 15) is 19.8 Å². The quantitative estimate of drug-likeness (QED) is 0.205. The summed E-state index contributed by atoms with van der Waals surface area (Å²) >= 11 is 0. The molecule has 10 nitrogen and oxygen atoms in total. The zero-order valence-corrected chi connectivity index (χ0v) is 23.2. The summed E-state index contributed by atoms with van der Waals surface area (Å²) in [6, 6.07) is 22.8. The lowest BCUT2D eigenvalue weighted by Crippen LogP contribution is -2.34. The van der Waals surface area contributed by atoms with Gasteiger partial charge >= 0.3 is 11.9 Å². The summed E-state index contributed by atoms with van der Waals surface area (Å²) in [5.41, 5.74) is 12.5. The molecule has 0 saturated heterocycles. The maximum atomic E-state index is 11.3. The summed E-state index contributed by atoms with van der Waals surface area (Å²) < 4.78 is 0. The van der Waals surface area contributed by atoms with E-state index in [4.69, 9.17) is 20.7 Å². The van der Waals surface area contributed by atoms with Crippen LogP contribution < -0.4 is 5.73 Å². The lowest BCUT2D eigenvalue weighted by molar-refractivity contribution is -0.142. The minimum absolute atomic E-state index is 0.0614. The molecule has 41 heavy (non-hydrogen) atoms. The molecule has 10 heteroatoms. The van der Waals surface area contributed by atoms with E-state index >= 15 is 0 Å². The van der Waals surface area contributed by atoms with E-state index in [2.05, 4.69) is 18.7 Å². The van der Waals surface area contributed by atoms with Gasteiger partial charge in [0.2, 0.25) is 0 Å². The Labute approximate surface area is 239 Å². The van der Waals surface area contributed by atoms with E-state index in [1.807, 2.05) is 60.7 Å². The third-order valence-electron chi connectivity index (χ3n) is 6.59. The number of hydrogen-bond donors (Lipinski definition) is 3. The van der Waals surface area contributed by atoms with Crippen LogP contribution in [0, 0.1) is 0 Å². The Hall–Kier alpha value is -4.67. The van der Waals surface area contributed by atoms with Crippen molar-refractivity contribution >= 4 is 17.6 Å². The zero-order chi connectivity index (χ0) is 29.4. The minimum atomic E-state index is -1.11. The van der Waals surface area contributed by atoms with E-state index in [1.54, 1.807) is 12.1 Å². The van der Waals surface area contributed by atoms with Crippen LogP contribution in [0.3, 0.4) is 0 Å². The number of aromatic nitrogens is 3. The molecule has 1 aromatic carbocycles. The monoisotopic (exact) mass is 554 g/mol. The topological polar surface area (TPSA) is 146 Å². The number of aliphatic carboxylic acids is 2. The average molecular weight is 555 g/mol. The largest absolute Gasteiger partial charge is 0.480 e. The molecule has 0 amide bonds. The third kappa shape index (κ3) is 8.17. The van der Waals surface area contributed by atoms with E-state index in [0.717, 1.165) is 42.1 Å². The van der Waals surface area contributed by atoms with Crippen molar-refractivity contribution in [3.8, 4) is 33.9 Å². The first-order chi connectivity index (χ1) is 19.7. The molecule has 3 heterocycles. The van der Waals surface area contributed by atoms with Crippen LogP contribution in [0.5, 0.6) is 0 Å². The molecular weight excluding hydrogens is 520 g/mol. The highest BCUT2D eigenvalue weighted by molar-refractivity contribution is 5.75. The number of benzene rings is 1. The molecule has 4 aromatic rings. The standard InChI is InChI=1S/C31H34N6O4/c1-3-36(4-2)17-24-7-5-9-26(33-24)28-15-22(21-11-13-23(32)14-12-21)16-29(35-28)27-10-6-8-25(34-27)18-37(19-30(38)39)20-31(40)41/h5-16H,3-4,17-20,32H2,1-2H3,(H,38,39)(H,40,41). The van der Waals surface area contributed by atoms with Gasteiger partial charge in [0.15, 0.2) is 0 Å². The van der Waals surface area contributed by atoms with Crippen LogP contribution in [0.4, 0.5) is 5.69 Å². The van der Waals surface area contributed by atoms with Crippen molar-refractivity contribution in [1.82, 2.24) is 24.8 Å². The van der Waals surface area contributed by atoms with Crippen molar-refractivity contribution in [2.75, 3.05) is 31.9 Å². The van der Waals surface area contributed by atoms with Gasteiger partial charge in [-0.15, -0.1) is 0 Å². The number of pyridine rings is 3. The smallest absolute Gasteiger partial charge is 0.317 e. The van der Waals surface area contributed by atoms with Gasteiger partial charge < -0.3 is 15.9 Å². The fourth-order valence-electron chi connectivity index (χ4n) is 4.51.